The molecule has 0 fully saturated rings. The monoisotopic (exact) mass is 306 g/mol. The van der Waals surface area contributed by atoms with Crippen molar-refractivity contribution in [1.82, 2.24) is 0 Å². The first-order valence-electron chi connectivity index (χ1n) is 8.70. The fourth-order valence-electron chi connectivity index (χ4n) is 1.77. The Labute approximate surface area is 131 Å². The lowest BCUT2D eigenvalue weighted by atomic mass is 10.2. The van der Waals surface area contributed by atoms with Gasteiger partial charge in [0.25, 0.3) is 0 Å². The second kappa shape index (κ2) is 24.8. The molecule has 0 aromatic rings. The summed E-state index contributed by atoms with van der Waals surface area (Å²) < 4.78 is 10.2. The Hall–Kier alpha value is -0.160. The molecule has 2 N–H and O–H groups in total. The third-order valence-corrected chi connectivity index (χ3v) is 3.01. The summed E-state index contributed by atoms with van der Waals surface area (Å²) >= 11 is 0. The zero-order valence-electron chi connectivity index (χ0n) is 14.3. The molecule has 0 bridgehead atoms. The third kappa shape index (κ3) is 28.7. The summed E-state index contributed by atoms with van der Waals surface area (Å²) in [5.41, 5.74) is 0. The third-order valence-electron chi connectivity index (χ3n) is 3.01. The SMILES string of the molecule is CCCCCCCOCCCCCC.OCCOCCO. The van der Waals surface area contributed by atoms with E-state index in [1.54, 1.807) is 0 Å². The van der Waals surface area contributed by atoms with Crippen molar-refractivity contribution in [3.05, 3.63) is 0 Å². The highest BCUT2D eigenvalue weighted by atomic mass is 16.5. The number of ether oxygens (including phenoxy) is 2. The van der Waals surface area contributed by atoms with Gasteiger partial charge in [-0.05, 0) is 12.8 Å². The van der Waals surface area contributed by atoms with Gasteiger partial charge in [0.15, 0.2) is 0 Å². The van der Waals surface area contributed by atoms with Gasteiger partial charge in [0, 0.05) is 13.2 Å². The fourth-order valence-corrected chi connectivity index (χ4v) is 1.77. The van der Waals surface area contributed by atoms with Crippen molar-refractivity contribution >= 4 is 0 Å². The molecule has 0 aromatic carbocycles. The Morgan fingerprint density at radius 3 is 1.33 bits per heavy atom. The van der Waals surface area contributed by atoms with E-state index in [0.29, 0.717) is 13.2 Å². The number of rotatable bonds is 15. The molecule has 0 saturated carbocycles. The van der Waals surface area contributed by atoms with Crippen molar-refractivity contribution in [1.29, 1.82) is 0 Å². The first-order chi connectivity index (χ1) is 10.3. The molecule has 0 rings (SSSR count). The van der Waals surface area contributed by atoms with Gasteiger partial charge in [-0.2, -0.15) is 0 Å². The quantitative estimate of drug-likeness (QED) is 0.454. The van der Waals surface area contributed by atoms with Crippen LogP contribution >= 0.6 is 0 Å². The van der Waals surface area contributed by atoms with E-state index in [9.17, 15) is 0 Å². The molecule has 0 unspecified atom stereocenters. The first kappa shape index (κ1) is 23.1. The van der Waals surface area contributed by atoms with Crippen LogP contribution in [-0.4, -0.2) is 49.9 Å². The Kier molecular flexibility index (Phi) is 27.3. The maximum atomic E-state index is 8.09. The Bertz CT molecular complexity index is 138. The smallest absolute Gasteiger partial charge is 0.0698 e. The summed E-state index contributed by atoms with van der Waals surface area (Å²) in [7, 11) is 0. The lowest BCUT2D eigenvalue weighted by Crippen LogP contribution is -2.03. The van der Waals surface area contributed by atoms with Crippen LogP contribution in [0.3, 0.4) is 0 Å². The highest BCUT2D eigenvalue weighted by Gasteiger charge is 1.91. The van der Waals surface area contributed by atoms with E-state index in [4.69, 9.17) is 14.9 Å². The molecule has 0 saturated heterocycles. The average molecular weight is 306 g/mol. The van der Waals surface area contributed by atoms with Crippen molar-refractivity contribution in [3.63, 3.8) is 0 Å². The molecule has 130 valence electrons. The van der Waals surface area contributed by atoms with Crippen LogP contribution in [0.5, 0.6) is 0 Å². The molecule has 0 amide bonds. The minimum Gasteiger partial charge on any atom is -0.394 e. The van der Waals surface area contributed by atoms with E-state index in [2.05, 4.69) is 18.6 Å². The Morgan fingerprint density at radius 2 is 0.905 bits per heavy atom. The molecule has 0 radical (unpaired) electrons. The molecule has 0 aliphatic heterocycles. The molecule has 0 aromatic heterocycles. The number of aliphatic hydroxyl groups is 2. The van der Waals surface area contributed by atoms with Crippen LogP contribution in [0, 0.1) is 0 Å². The standard InChI is InChI=1S/C13H28O.C4H10O3/c1-3-5-7-9-11-13-14-12-10-8-6-4-2;5-1-3-7-4-2-6/h3-13H2,1-2H3;5-6H,1-4H2. The van der Waals surface area contributed by atoms with Gasteiger partial charge in [0.1, 0.15) is 0 Å². The summed E-state index contributed by atoms with van der Waals surface area (Å²) in [4.78, 5) is 0. The summed E-state index contributed by atoms with van der Waals surface area (Å²) in [5, 5.41) is 16.2. The van der Waals surface area contributed by atoms with Crippen LogP contribution in [0.2, 0.25) is 0 Å². The number of aliphatic hydroxyl groups excluding tert-OH is 2. The predicted octanol–water partition coefficient (Wildman–Crippen LogP) is 3.54. The van der Waals surface area contributed by atoms with E-state index in [1.807, 2.05) is 0 Å². The van der Waals surface area contributed by atoms with Crippen LogP contribution in [-0.2, 0) is 9.47 Å². The van der Waals surface area contributed by atoms with Gasteiger partial charge in [-0.1, -0.05) is 58.8 Å². The average Bonchev–Trinajstić information content (AvgIpc) is 2.50. The minimum absolute atomic E-state index is 0.0278. The van der Waals surface area contributed by atoms with Gasteiger partial charge in [-0.25, -0.2) is 0 Å². The zero-order valence-corrected chi connectivity index (χ0v) is 14.3. The topological polar surface area (TPSA) is 58.9 Å². The largest absolute Gasteiger partial charge is 0.394 e. The van der Waals surface area contributed by atoms with Crippen LogP contribution in [0.15, 0.2) is 0 Å². The van der Waals surface area contributed by atoms with Crippen molar-refractivity contribution in [2.75, 3.05) is 39.6 Å². The van der Waals surface area contributed by atoms with Gasteiger partial charge in [-0.3, -0.25) is 0 Å². The molecule has 4 nitrogen and oxygen atoms in total. The second-order valence-corrected chi connectivity index (χ2v) is 5.15. The summed E-state index contributed by atoms with van der Waals surface area (Å²) in [6.07, 6.45) is 12.0. The fraction of sp³-hybridized carbons (Fsp3) is 1.00. The summed E-state index contributed by atoms with van der Waals surface area (Å²) in [6.45, 7) is 7.16. The molecule has 0 atom stereocenters. The summed E-state index contributed by atoms with van der Waals surface area (Å²) in [6, 6.07) is 0. The molecule has 4 heteroatoms. The van der Waals surface area contributed by atoms with Gasteiger partial charge in [-0.15, -0.1) is 0 Å². The summed E-state index contributed by atoms with van der Waals surface area (Å²) in [5.74, 6) is 0. The van der Waals surface area contributed by atoms with Crippen LogP contribution in [0.25, 0.3) is 0 Å². The van der Waals surface area contributed by atoms with Crippen molar-refractivity contribution in [2.24, 2.45) is 0 Å². The lowest BCUT2D eigenvalue weighted by Gasteiger charge is -2.03. The van der Waals surface area contributed by atoms with E-state index in [0.717, 1.165) is 13.2 Å². The molecule has 21 heavy (non-hydrogen) atoms. The number of hydrogen-bond donors (Lipinski definition) is 2. The molecule has 0 aliphatic rings. The van der Waals surface area contributed by atoms with E-state index < -0.39 is 0 Å². The van der Waals surface area contributed by atoms with Gasteiger partial charge in [0.2, 0.25) is 0 Å². The predicted molar refractivity (Wildman–Crippen MR) is 88.7 cm³/mol. The van der Waals surface area contributed by atoms with Gasteiger partial charge < -0.3 is 19.7 Å². The zero-order chi connectivity index (χ0) is 16.0. The Morgan fingerprint density at radius 1 is 0.524 bits per heavy atom. The highest BCUT2D eigenvalue weighted by Crippen LogP contribution is 2.03. The van der Waals surface area contributed by atoms with E-state index in [1.165, 1.54) is 57.8 Å². The normalized spacial score (nSPS) is 10.3. The van der Waals surface area contributed by atoms with Crippen LogP contribution in [0.4, 0.5) is 0 Å². The van der Waals surface area contributed by atoms with Crippen molar-refractivity contribution < 1.29 is 19.7 Å². The molecule has 0 spiro atoms. The van der Waals surface area contributed by atoms with Gasteiger partial charge in [0.05, 0.1) is 26.4 Å². The molecular weight excluding hydrogens is 268 g/mol. The molecular formula is C17H38O4. The highest BCUT2D eigenvalue weighted by molar-refractivity contribution is 4.43. The van der Waals surface area contributed by atoms with E-state index in [-0.39, 0.29) is 13.2 Å². The minimum atomic E-state index is 0.0278. The van der Waals surface area contributed by atoms with Crippen LogP contribution < -0.4 is 0 Å². The van der Waals surface area contributed by atoms with E-state index >= 15 is 0 Å². The number of hydrogen-bond acceptors (Lipinski definition) is 4. The second-order valence-electron chi connectivity index (χ2n) is 5.15. The Balaban J connectivity index is 0. The van der Waals surface area contributed by atoms with Crippen molar-refractivity contribution in [3.8, 4) is 0 Å². The first-order valence-corrected chi connectivity index (χ1v) is 8.70. The maximum Gasteiger partial charge on any atom is 0.0698 e. The maximum absolute atomic E-state index is 8.09. The lowest BCUT2D eigenvalue weighted by molar-refractivity contribution is 0.0650. The number of unbranched alkanes of at least 4 members (excludes halogenated alkanes) is 7. The molecule has 0 heterocycles. The molecule has 0 aliphatic carbocycles. The van der Waals surface area contributed by atoms with Crippen LogP contribution in [0.1, 0.15) is 71.6 Å². The van der Waals surface area contributed by atoms with Gasteiger partial charge >= 0.3 is 0 Å². The van der Waals surface area contributed by atoms with Crippen molar-refractivity contribution in [2.45, 2.75) is 71.6 Å².